The molecule has 0 amide bonds. The molecule has 0 radical (unpaired) electrons. The maximum absolute atomic E-state index is 5.80. The second-order valence-electron chi connectivity index (χ2n) is 4.63. The lowest BCUT2D eigenvalue weighted by Gasteiger charge is -2.17. The average molecular weight is 185 g/mol. The van der Waals surface area contributed by atoms with Crippen molar-refractivity contribution in [3.8, 4) is 0 Å². The summed E-state index contributed by atoms with van der Waals surface area (Å²) >= 11 is 0. The molecule has 78 valence electrons. The predicted octanol–water partition coefficient (Wildman–Crippen LogP) is 2.05. The molecule has 0 saturated carbocycles. The van der Waals surface area contributed by atoms with E-state index >= 15 is 0 Å². The van der Waals surface area contributed by atoms with Crippen molar-refractivity contribution in [2.75, 3.05) is 19.7 Å². The van der Waals surface area contributed by atoms with Crippen molar-refractivity contribution < 1.29 is 4.74 Å². The molecule has 1 heterocycles. The van der Waals surface area contributed by atoms with E-state index in [2.05, 4.69) is 26.1 Å². The number of nitrogens with one attached hydrogen (secondary N) is 1. The zero-order chi connectivity index (χ0) is 9.68. The number of ether oxygens (including phenoxy) is 1. The van der Waals surface area contributed by atoms with Crippen LogP contribution in [-0.2, 0) is 4.74 Å². The van der Waals surface area contributed by atoms with Gasteiger partial charge in [-0.3, -0.25) is 0 Å². The fourth-order valence-electron chi connectivity index (χ4n) is 1.89. The summed E-state index contributed by atoms with van der Waals surface area (Å²) in [5.41, 5.74) is 0. The molecule has 1 saturated heterocycles. The van der Waals surface area contributed by atoms with Crippen LogP contribution in [0.4, 0.5) is 0 Å². The Morgan fingerprint density at radius 2 is 2.15 bits per heavy atom. The molecular formula is C11H23NO. The molecule has 0 spiro atoms. The standard InChI is InChI=1S/C11H23NO/c1-9(2)6-10(3)13-8-11-4-5-12-7-11/h9-12H,4-8H2,1-3H3. The van der Waals surface area contributed by atoms with Gasteiger partial charge in [0, 0.05) is 6.54 Å². The van der Waals surface area contributed by atoms with Gasteiger partial charge in [-0.2, -0.15) is 0 Å². The van der Waals surface area contributed by atoms with Crippen LogP contribution >= 0.6 is 0 Å². The van der Waals surface area contributed by atoms with Gasteiger partial charge in [0.25, 0.3) is 0 Å². The lowest BCUT2D eigenvalue weighted by Crippen LogP contribution is -2.19. The Morgan fingerprint density at radius 3 is 2.69 bits per heavy atom. The Balaban J connectivity index is 2.03. The van der Waals surface area contributed by atoms with Gasteiger partial charge in [-0.15, -0.1) is 0 Å². The van der Waals surface area contributed by atoms with Crippen LogP contribution in [0.1, 0.15) is 33.6 Å². The summed E-state index contributed by atoms with van der Waals surface area (Å²) in [5, 5.41) is 3.36. The molecule has 2 nitrogen and oxygen atoms in total. The maximum atomic E-state index is 5.80. The Labute approximate surface area is 82.0 Å². The fraction of sp³-hybridized carbons (Fsp3) is 1.00. The molecule has 0 aromatic rings. The predicted molar refractivity (Wildman–Crippen MR) is 55.8 cm³/mol. The molecule has 1 rings (SSSR count). The lowest BCUT2D eigenvalue weighted by atomic mass is 10.1. The summed E-state index contributed by atoms with van der Waals surface area (Å²) < 4.78 is 5.80. The van der Waals surface area contributed by atoms with Crippen LogP contribution in [0, 0.1) is 11.8 Å². The quantitative estimate of drug-likeness (QED) is 0.708. The first-order valence-corrected chi connectivity index (χ1v) is 5.50. The Kier molecular flexibility index (Phi) is 4.74. The first-order chi connectivity index (χ1) is 6.18. The van der Waals surface area contributed by atoms with E-state index < -0.39 is 0 Å². The summed E-state index contributed by atoms with van der Waals surface area (Å²) in [4.78, 5) is 0. The Bertz CT molecular complexity index is 130. The molecule has 0 aromatic heterocycles. The molecule has 2 unspecified atom stereocenters. The third kappa shape index (κ3) is 4.63. The Hall–Kier alpha value is -0.0800. The number of rotatable bonds is 5. The summed E-state index contributed by atoms with van der Waals surface area (Å²) in [6.07, 6.45) is 2.90. The van der Waals surface area contributed by atoms with Crippen molar-refractivity contribution in [3.05, 3.63) is 0 Å². The van der Waals surface area contributed by atoms with Crippen molar-refractivity contribution in [2.24, 2.45) is 11.8 Å². The Morgan fingerprint density at radius 1 is 1.38 bits per heavy atom. The van der Waals surface area contributed by atoms with Gasteiger partial charge >= 0.3 is 0 Å². The van der Waals surface area contributed by atoms with E-state index in [0.717, 1.165) is 25.0 Å². The normalized spacial score (nSPS) is 25.4. The zero-order valence-electron chi connectivity index (χ0n) is 9.18. The topological polar surface area (TPSA) is 21.3 Å². The highest BCUT2D eigenvalue weighted by Crippen LogP contribution is 2.12. The van der Waals surface area contributed by atoms with Crippen LogP contribution in [0.3, 0.4) is 0 Å². The second kappa shape index (κ2) is 5.61. The van der Waals surface area contributed by atoms with Crippen LogP contribution in [0.25, 0.3) is 0 Å². The summed E-state index contributed by atoms with van der Waals surface area (Å²) in [6, 6.07) is 0. The zero-order valence-corrected chi connectivity index (χ0v) is 9.18. The average Bonchev–Trinajstić information content (AvgIpc) is 2.51. The summed E-state index contributed by atoms with van der Waals surface area (Å²) in [5.74, 6) is 1.51. The van der Waals surface area contributed by atoms with Gasteiger partial charge in [0.1, 0.15) is 0 Å². The van der Waals surface area contributed by atoms with Gasteiger partial charge in [-0.05, 0) is 38.1 Å². The molecule has 1 aliphatic heterocycles. The highest BCUT2D eigenvalue weighted by molar-refractivity contribution is 4.70. The lowest BCUT2D eigenvalue weighted by molar-refractivity contribution is 0.0321. The molecular weight excluding hydrogens is 162 g/mol. The molecule has 13 heavy (non-hydrogen) atoms. The minimum absolute atomic E-state index is 0.431. The van der Waals surface area contributed by atoms with Gasteiger partial charge in [-0.1, -0.05) is 13.8 Å². The first kappa shape index (κ1) is 11.0. The van der Waals surface area contributed by atoms with Crippen molar-refractivity contribution in [1.82, 2.24) is 5.32 Å². The van der Waals surface area contributed by atoms with Crippen molar-refractivity contribution in [1.29, 1.82) is 0 Å². The maximum Gasteiger partial charge on any atom is 0.0549 e. The second-order valence-corrected chi connectivity index (χ2v) is 4.63. The largest absolute Gasteiger partial charge is 0.378 e. The third-order valence-corrected chi connectivity index (χ3v) is 2.58. The SMILES string of the molecule is CC(C)CC(C)OCC1CCNC1. The van der Waals surface area contributed by atoms with E-state index in [-0.39, 0.29) is 0 Å². The monoisotopic (exact) mass is 185 g/mol. The van der Waals surface area contributed by atoms with Gasteiger partial charge in [-0.25, -0.2) is 0 Å². The van der Waals surface area contributed by atoms with Crippen molar-refractivity contribution in [3.63, 3.8) is 0 Å². The molecule has 0 aromatic carbocycles. The molecule has 1 aliphatic rings. The summed E-state index contributed by atoms with van der Waals surface area (Å²) in [7, 11) is 0. The van der Waals surface area contributed by atoms with Gasteiger partial charge in [0.05, 0.1) is 12.7 Å². The number of hydrogen-bond acceptors (Lipinski definition) is 2. The van der Waals surface area contributed by atoms with Crippen molar-refractivity contribution >= 4 is 0 Å². The minimum atomic E-state index is 0.431. The molecule has 0 bridgehead atoms. The van der Waals surface area contributed by atoms with Gasteiger partial charge in [0.15, 0.2) is 0 Å². The van der Waals surface area contributed by atoms with Crippen LogP contribution in [0.2, 0.25) is 0 Å². The third-order valence-electron chi connectivity index (χ3n) is 2.58. The molecule has 1 fully saturated rings. The van der Waals surface area contributed by atoms with Crippen molar-refractivity contribution in [2.45, 2.75) is 39.7 Å². The molecule has 2 heteroatoms. The van der Waals surface area contributed by atoms with E-state index in [9.17, 15) is 0 Å². The first-order valence-electron chi connectivity index (χ1n) is 5.50. The van der Waals surface area contributed by atoms with Crippen LogP contribution in [0.15, 0.2) is 0 Å². The smallest absolute Gasteiger partial charge is 0.0549 e. The van der Waals surface area contributed by atoms with Crippen LogP contribution < -0.4 is 5.32 Å². The van der Waals surface area contributed by atoms with E-state index in [1.54, 1.807) is 0 Å². The van der Waals surface area contributed by atoms with E-state index in [4.69, 9.17) is 4.74 Å². The number of hydrogen-bond donors (Lipinski definition) is 1. The molecule has 0 aliphatic carbocycles. The van der Waals surface area contributed by atoms with Crippen LogP contribution in [-0.4, -0.2) is 25.8 Å². The van der Waals surface area contributed by atoms with E-state index in [1.807, 2.05) is 0 Å². The fourth-order valence-corrected chi connectivity index (χ4v) is 1.89. The van der Waals surface area contributed by atoms with E-state index in [0.29, 0.717) is 6.10 Å². The highest BCUT2D eigenvalue weighted by Gasteiger charge is 2.15. The summed E-state index contributed by atoms with van der Waals surface area (Å²) in [6.45, 7) is 9.94. The van der Waals surface area contributed by atoms with E-state index in [1.165, 1.54) is 19.4 Å². The molecule has 2 atom stereocenters. The minimum Gasteiger partial charge on any atom is -0.378 e. The molecule has 1 N–H and O–H groups in total. The van der Waals surface area contributed by atoms with Crippen LogP contribution in [0.5, 0.6) is 0 Å². The van der Waals surface area contributed by atoms with Gasteiger partial charge in [0.2, 0.25) is 0 Å². The van der Waals surface area contributed by atoms with Gasteiger partial charge < -0.3 is 10.1 Å². The highest BCUT2D eigenvalue weighted by atomic mass is 16.5.